The highest BCUT2D eigenvalue weighted by Gasteiger charge is 2.15. The molecule has 0 atom stereocenters. The summed E-state index contributed by atoms with van der Waals surface area (Å²) in [4.78, 5) is 12.4. The van der Waals surface area contributed by atoms with E-state index in [-0.39, 0.29) is 12.7 Å². The Bertz CT molecular complexity index is 939. The molecule has 1 aliphatic rings. The van der Waals surface area contributed by atoms with E-state index in [2.05, 4.69) is 10.4 Å². The highest BCUT2D eigenvalue weighted by atomic mass is 35.5. The molecule has 0 saturated heterocycles. The number of carbonyl (C=O) groups is 1. The number of nitrogens with zero attached hydrogens (tertiary/aromatic N) is 2. The molecule has 0 bridgehead atoms. The second-order valence-electron chi connectivity index (χ2n) is 5.54. The fraction of sp³-hybridized carbons (Fsp3) is 0.111. The van der Waals surface area contributed by atoms with Gasteiger partial charge in [-0.3, -0.25) is 9.48 Å². The van der Waals surface area contributed by atoms with Crippen molar-refractivity contribution in [3.63, 3.8) is 0 Å². The zero-order chi connectivity index (χ0) is 17.2. The molecule has 0 fully saturated rings. The van der Waals surface area contributed by atoms with Crippen LogP contribution >= 0.6 is 11.6 Å². The normalized spacial score (nSPS) is 12.2. The Morgan fingerprint density at radius 3 is 2.92 bits per heavy atom. The fourth-order valence-electron chi connectivity index (χ4n) is 2.55. The summed E-state index contributed by atoms with van der Waals surface area (Å²) < 4.78 is 12.2. The van der Waals surface area contributed by atoms with Gasteiger partial charge in [0.05, 0.1) is 18.3 Å². The van der Waals surface area contributed by atoms with E-state index in [1.807, 2.05) is 24.3 Å². The molecular weight excluding hydrogens is 342 g/mol. The van der Waals surface area contributed by atoms with E-state index in [0.717, 1.165) is 5.56 Å². The van der Waals surface area contributed by atoms with Crippen LogP contribution in [0.25, 0.3) is 0 Å². The second-order valence-corrected chi connectivity index (χ2v) is 5.95. The van der Waals surface area contributed by atoms with Crippen molar-refractivity contribution in [2.45, 2.75) is 6.54 Å². The summed E-state index contributed by atoms with van der Waals surface area (Å²) in [5.74, 6) is 1.04. The quantitative estimate of drug-likeness (QED) is 0.777. The number of aromatic nitrogens is 2. The minimum atomic E-state index is -0.246. The summed E-state index contributed by atoms with van der Waals surface area (Å²) in [6.07, 6.45) is 3.21. The Morgan fingerprint density at radius 2 is 2.04 bits per heavy atom. The molecule has 0 unspecified atom stereocenters. The average molecular weight is 356 g/mol. The lowest BCUT2D eigenvalue weighted by molar-refractivity contribution is 0.102. The first-order valence-corrected chi connectivity index (χ1v) is 8.04. The molecule has 1 aromatic heterocycles. The number of hydrogen-bond acceptors (Lipinski definition) is 4. The topological polar surface area (TPSA) is 65.4 Å². The molecule has 4 rings (SSSR count). The summed E-state index contributed by atoms with van der Waals surface area (Å²) in [5, 5.41) is 7.72. The third-order valence-electron chi connectivity index (χ3n) is 3.82. The summed E-state index contributed by atoms with van der Waals surface area (Å²) in [6.45, 7) is 0.693. The number of fused-ring (bicyclic) bond motifs is 1. The van der Waals surface area contributed by atoms with Crippen LogP contribution in [0.15, 0.2) is 54.9 Å². The number of carbonyl (C=O) groups excluding carboxylic acids is 1. The Labute approximate surface area is 148 Å². The lowest BCUT2D eigenvalue weighted by Crippen LogP contribution is -2.11. The predicted molar refractivity (Wildman–Crippen MR) is 93.3 cm³/mol. The van der Waals surface area contributed by atoms with Crippen molar-refractivity contribution in [1.29, 1.82) is 0 Å². The van der Waals surface area contributed by atoms with Gasteiger partial charge in [-0.1, -0.05) is 29.8 Å². The summed E-state index contributed by atoms with van der Waals surface area (Å²) in [6, 6.07) is 12.8. The molecule has 0 saturated carbocycles. The highest BCUT2D eigenvalue weighted by molar-refractivity contribution is 6.31. The molecule has 2 heterocycles. The van der Waals surface area contributed by atoms with Crippen molar-refractivity contribution in [2.75, 3.05) is 12.1 Å². The molecule has 126 valence electrons. The molecule has 1 aliphatic heterocycles. The van der Waals surface area contributed by atoms with Crippen LogP contribution in [0.4, 0.5) is 5.69 Å². The molecule has 3 aromatic rings. The van der Waals surface area contributed by atoms with Gasteiger partial charge in [-0.2, -0.15) is 5.10 Å². The van der Waals surface area contributed by atoms with Crippen LogP contribution in [0, 0.1) is 0 Å². The van der Waals surface area contributed by atoms with Gasteiger partial charge in [0, 0.05) is 23.0 Å². The Kier molecular flexibility index (Phi) is 4.03. The van der Waals surface area contributed by atoms with Gasteiger partial charge in [0.25, 0.3) is 5.91 Å². The van der Waals surface area contributed by atoms with E-state index in [4.69, 9.17) is 21.1 Å². The molecule has 0 radical (unpaired) electrons. The second kappa shape index (κ2) is 6.49. The fourth-order valence-corrected chi connectivity index (χ4v) is 2.74. The third-order valence-corrected chi connectivity index (χ3v) is 4.18. The average Bonchev–Trinajstić information content (AvgIpc) is 3.25. The minimum absolute atomic E-state index is 0.196. The number of nitrogens with one attached hydrogen (secondary N) is 1. The molecule has 0 spiro atoms. The van der Waals surface area contributed by atoms with Gasteiger partial charge in [-0.05, 0) is 23.8 Å². The predicted octanol–water partition coefficient (Wildman–Crippen LogP) is 3.57. The van der Waals surface area contributed by atoms with E-state index in [1.165, 1.54) is 6.20 Å². The maximum absolute atomic E-state index is 12.4. The zero-order valence-corrected chi connectivity index (χ0v) is 13.9. The molecule has 2 aromatic carbocycles. The van der Waals surface area contributed by atoms with Crippen molar-refractivity contribution < 1.29 is 14.3 Å². The Balaban J connectivity index is 1.46. The Hall–Kier alpha value is -2.99. The van der Waals surface area contributed by atoms with Crippen molar-refractivity contribution in [3.8, 4) is 11.5 Å². The van der Waals surface area contributed by atoms with Crippen molar-refractivity contribution in [3.05, 3.63) is 71.0 Å². The number of ether oxygens (including phenoxy) is 2. The van der Waals surface area contributed by atoms with Gasteiger partial charge < -0.3 is 14.8 Å². The summed E-state index contributed by atoms with van der Waals surface area (Å²) >= 11 is 6.15. The van der Waals surface area contributed by atoms with E-state index >= 15 is 0 Å². The highest BCUT2D eigenvalue weighted by Crippen LogP contribution is 2.34. The van der Waals surface area contributed by atoms with Gasteiger partial charge >= 0.3 is 0 Å². The van der Waals surface area contributed by atoms with Crippen LogP contribution in [-0.4, -0.2) is 22.5 Å². The van der Waals surface area contributed by atoms with Gasteiger partial charge in [-0.15, -0.1) is 0 Å². The number of anilines is 1. The largest absolute Gasteiger partial charge is 0.454 e. The van der Waals surface area contributed by atoms with Crippen LogP contribution in [-0.2, 0) is 6.54 Å². The number of rotatable bonds is 4. The molecular formula is C18H14ClN3O3. The molecule has 0 aliphatic carbocycles. The third kappa shape index (κ3) is 3.29. The van der Waals surface area contributed by atoms with Gasteiger partial charge in [-0.25, -0.2) is 0 Å². The molecule has 1 N–H and O–H groups in total. The van der Waals surface area contributed by atoms with E-state index in [9.17, 15) is 4.79 Å². The zero-order valence-electron chi connectivity index (χ0n) is 13.1. The maximum Gasteiger partial charge on any atom is 0.258 e. The SMILES string of the molecule is O=C(Nc1ccc2c(c1)OCO2)c1cnn(Cc2ccccc2Cl)c1. The van der Waals surface area contributed by atoms with Crippen LogP contribution in [0.3, 0.4) is 0 Å². The van der Waals surface area contributed by atoms with Gasteiger partial charge in [0.2, 0.25) is 6.79 Å². The number of halogens is 1. The number of amides is 1. The molecule has 1 amide bonds. The number of hydrogen-bond donors (Lipinski definition) is 1. The van der Waals surface area contributed by atoms with Crippen LogP contribution in [0.2, 0.25) is 5.02 Å². The number of benzene rings is 2. The lowest BCUT2D eigenvalue weighted by Gasteiger charge is -2.05. The van der Waals surface area contributed by atoms with Crippen molar-refractivity contribution in [1.82, 2.24) is 9.78 Å². The van der Waals surface area contributed by atoms with Gasteiger partial charge in [0.15, 0.2) is 11.5 Å². The molecule has 25 heavy (non-hydrogen) atoms. The first kappa shape index (κ1) is 15.5. The lowest BCUT2D eigenvalue weighted by atomic mass is 10.2. The maximum atomic E-state index is 12.4. The van der Waals surface area contributed by atoms with Crippen LogP contribution in [0.1, 0.15) is 15.9 Å². The van der Waals surface area contributed by atoms with Gasteiger partial charge in [0.1, 0.15) is 0 Å². The first-order valence-electron chi connectivity index (χ1n) is 7.66. The summed E-state index contributed by atoms with van der Waals surface area (Å²) in [5.41, 5.74) is 2.04. The van der Waals surface area contributed by atoms with Crippen LogP contribution in [0.5, 0.6) is 11.5 Å². The van der Waals surface area contributed by atoms with E-state index in [0.29, 0.717) is 34.3 Å². The molecule has 6 nitrogen and oxygen atoms in total. The van der Waals surface area contributed by atoms with Crippen molar-refractivity contribution >= 4 is 23.2 Å². The minimum Gasteiger partial charge on any atom is -0.454 e. The monoisotopic (exact) mass is 355 g/mol. The van der Waals surface area contributed by atoms with E-state index < -0.39 is 0 Å². The smallest absolute Gasteiger partial charge is 0.258 e. The standard InChI is InChI=1S/C18H14ClN3O3/c19-15-4-2-1-3-12(15)9-22-10-13(8-20-22)18(23)21-14-5-6-16-17(7-14)25-11-24-16/h1-8,10H,9,11H2,(H,21,23). The van der Waals surface area contributed by atoms with Crippen molar-refractivity contribution in [2.24, 2.45) is 0 Å². The first-order chi connectivity index (χ1) is 12.2. The summed E-state index contributed by atoms with van der Waals surface area (Å²) in [7, 11) is 0. The van der Waals surface area contributed by atoms with Crippen LogP contribution < -0.4 is 14.8 Å². The van der Waals surface area contributed by atoms with E-state index in [1.54, 1.807) is 29.1 Å². The Morgan fingerprint density at radius 1 is 1.20 bits per heavy atom. The molecule has 7 heteroatoms.